The van der Waals surface area contributed by atoms with Gasteiger partial charge in [-0.1, -0.05) is 39.8 Å². The maximum atomic E-state index is 14.5. The van der Waals surface area contributed by atoms with E-state index < -0.39 is 132 Å². The zero-order valence-electron chi connectivity index (χ0n) is 40.4. The Morgan fingerprint density at radius 2 is 1.21 bits per heavy atom. The van der Waals surface area contributed by atoms with Crippen molar-refractivity contribution in [1.29, 1.82) is 0 Å². The summed E-state index contributed by atoms with van der Waals surface area (Å²) >= 11 is 0. The predicted molar refractivity (Wildman–Crippen MR) is 235 cm³/mol. The smallest absolute Gasteiger partial charge is 0.334 e. The molecule has 0 radical (unpaired) electrons. The van der Waals surface area contributed by atoms with Crippen molar-refractivity contribution in [3.8, 4) is 0 Å². The van der Waals surface area contributed by atoms with Crippen molar-refractivity contribution in [2.75, 3.05) is 49.3 Å². The van der Waals surface area contributed by atoms with E-state index in [4.69, 9.17) is 0 Å². The molecule has 1 aliphatic heterocycles. The third-order valence-electron chi connectivity index (χ3n) is 11.0. The Balaban J connectivity index is 4.00. The summed E-state index contributed by atoms with van der Waals surface area (Å²) in [7, 11) is 7.29. The number of carbonyl (C=O) groups is 11. The summed E-state index contributed by atoms with van der Waals surface area (Å²) in [6.07, 6.45) is -0.985. The minimum atomic E-state index is -2.34. The Morgan fingerprint density at radius 1 is 0.667 bits per heavy atom. The average molecular weight is 940 g/mol. The zero-order chi connectivity index (χ0) is 51.5. The van der Waals surface area contributed by atoms with Gasteiger partial charge in [-0.05, 0) is 52.4 Å². The second-order valence-corrected chi connectivity index (χ2v) is 17.2. The molecule has 372 valence electrons. The van der Waals surface area contributed by atoms with Gasteiger partial charge in [0, 0.05) is 55.8 Å². The lowest BCUT2D eigenvalue weighted by Gasteiger charge is -2.40. The van der Waals surface area contributed by atoms with E-state index in [1.807, 2.05) is 5.32 Å². The number of hydrogen-bond donors (Lipinski definition) is 7. The molecule has 25 heteroatoms. The topological polar surface area (TPSA) is 319 Å². The van der Waals surface area contributed by atoms with Crippen LogP contribution in [0.4, 0.5) is 24.0 Å². The maximum absolute atomic E-state index is 14.5. The van der Waals surface area contributed by atoms with Crippen LogP contribution in [-0.2, 0) is 28.8 Å². The average Bonchev–Trinajstić information content (AvgIpc) is 3.24. The highest BCUT2D eigenvalue weighted by molar-refractivity contribution is 6.08. The quantitative estimate of drug-likeness (QED) is 0.144. The number of aliphatic hydroxyl groups excluding tert-OH is 2. The molecule has 0 aromatic heterocycles. The number of nitrogens with one attached hydrogen (secondary N) is 4. The van der Waals surface area contributed by atoms with Crippen LogP contribution >= 0.6 is 0 Å². The summed E-state index contributed by atoms with van der Waals surface area (Å²) in [5.74, 6) is -8.01. The Hall–Kier alpha value is -6.21. The van der Waals surface area contributed by atoms with Gasteiger partial charge in [-0.2, -0.15) is 0 Å². The molecular weight excluding hydrogens is 871 g/mol. The number of nitrogens with zero attached hydrogens (tertiary/aromatic N) is 7. The number of allylic oxidation sites excluding steroid dienone is 2. The normalized spacial score (nSPS) is 25.6. The Labute approximate surface area is 384 Å². The van der Waals surface area contributed by atoms with Crippen molar-refractivity contribution in [2.45, 2.75) is 123 Å². The summed E-state index contributed by atoms with van der Waals surface area (Å²) in [5, 5.41) is 41.8. The van der Waals surface area contributed by atoms with Crippen LogP contribution in [0, 0.1) is 11.8 Å². The fraction of sp³-hybridized carbons (Fsp3) is 0.683. The van der Waals surface area contributed by atoms with Crippen LogP contribution in [0.5, 0.6) is 0 Å². The first-order valence-electron chi connectivity index (χ1n) is 21.1. The Kier molecular flexibility index (Phi) is 21.3. The first kappa shape index (κ1) is 57.8. The van der Waals surface area contributed by atoms with Gasteiger partial charge in [0.2, 0.25) is 23.9 Å². The lowest BCUT2D eigenvalue weighted by Crippen LogP contribution is -2.63. The molecule has 0 aromatic carbocycles. The molecule has 1 heterocycles. The number of imide groups is 5. The molecule has 7 N–H and O–H groups in total. The highest BCUT2D eigenvalue weighted by atomic mass is 16.3. The second kappa shape index (κ2) is 24.4. The summed E-state index contributed by atoms with van der Waals surface area (Å²) in [4.78, 5) is 153. The molecule has 0 unspecified atom stereocenters. The van der Waals surface area contributed by atoms with Crippen LogP contribution in [0.3, 0.4) is 0 Å². The SMILES string of the molecule is C/C=C/C[C@@H](C)[C@@H](O)[C@H]1C(=O)N[C@@H](CC)C(=O)N(C)[C@H](O)C(=O)N(C)[C@@H](CC(C)(C)O)C(=O)NC(=O)N(C)C(=O)NC(=O)N[C@H](C)C(=O)N(C)C(=O)N(C)C(=O)N(C)[C@@H](C(C)C)C(=O)N1C. The summed E-state index contributed by atoms with van der Waals surface area (Å²) in [6.45, 7) is 11.7. The third kappa shape index (κ3) is 14.7. The highest BCUT2D eigenvalue weighted by Gasteiger charge is 2.44. The third-order valence-corrected chi connectivity index (χ3v) is 11.0. The van der Waals surface area contributed by atoms with Crippen LogP contribution in [0.1, 0.15) is 74.7 Å². The number of urea groups is 5. The van der Waals surface area contributed by atoms with Crippen molar-refractivity contribution in [3.05, 3.63) is 12.2 Å². The number of amides is 16. The molecule has 1 fully saturated rings. The van der Waals surface area contributed by atoms with E-state index in [1.165, 1.54) is 34.9 Å². The van der Waals surface area contributed by atoms with Gasteiger partial charge in [0.25, 0.3) is 17.7 Å². The molecule has 66 heavy (non-hydrogen) atoms. The molecular formula is C41H69N11O14. The van der Waals surface area contributed by atoms with E-state index in [0.717, 1.165) is 52.0 Å². The van der Waals surface area contributed by atoms with E-state index in [-0.39, 0.29) is 17.7 Å². The van der Waals surface area contributed by atoms with Crippen LogP contribution < -0.4 is 21.3 Å². The number of hydrogen-bond acceptors (Lipinski definition) is 14. The Morgan fingerprint density at radius 3 is 1.71 bits per heavy atom. The molecule has 1 aliphatic rings. The monoisotopic (exact) mass is 940 g/mol. The fourth-order valence-corrected chi connectivity index (χ4v) is 6.83. The standard InChI is InChI=1S/C41H69N11O14/c1-16-18-19-22(5)28(53)27-30(55)43-24(17-2)32(57)49(12)35(60)34(59)46(9)25(20-41(7,8)66)29(54)44-37(62)51(14)38(63)45-36(61)42-23(6)31(56)50(13)40(65)52(15)39(64)48(11)26(21(3)4)33(58)47(27)10/h16,18,21-28,35,53,60,66H,17,19-20H2,1-15H3,(H,43,55)(H,44,54,62)(H2,42,45,61,63)/b18-16+/t22-,23-,24+,25+,26+,27+,28-,35-/m1/s1. The lowest BCUT2D eigenvalue weighted by atomic mass is 9.91. The maximum Gasteiger partial charge on any atom is 0.334 e. The van der Waals surface area contributed by atoms with Gasteiger partial charge in [0.05, 0.1) is 11.7 Å². The van der Waals surface area contributed by atoms with Crippen molar-refractivity contribution in [3.63, 3.8) is 0 Å². The molecule has 8 atom stereocenters. The molecule has 1 saturated heterocycles. The van der Waals surface area contributed by atoms with Crippen molar-refractivity contribution < 1.29 is 68.1 Å². The van der Waals surface area contributed by atoms with Crippen molar-refractivity contribution >= 4 is 65.6 Å². The van der Waals surface area contributed by atoms with E-state index in [2.05, 4.69) is 10.6 Å². The molecule has 0 saturated carbocycles. The fourth-order valence-electron chi connectivity index (χ4n) is 6.83. The molecule has 0 aromatic rings. The van der Waals surface area contributed by atoms with Gasteiger partial charge in [0.1, 0.15) is 30.2 Å². The molecule has 25 nitrogen and oxygen atoms in total. The van der Waals surface area contributed by atoms with Gasteiger partial charge < -0.3 is 45.6 Å². The van der Waals surface area contributed by atoms with Crippen LogP contribution in [-0.4, -0.2) is 213 Å². The molecule has 16 amide bonds. The minimum absolute atomic E-state index is 0.156. The van der Waals surface area contributed by atoms with Crippen LogP contribution in [0.2, 0.25) is 0 Å². The zero-order valence-corrected chi connectivity index (χ0v) is 40.4. The van der Waals surface area contributed by atoms with Gasteiger partial charge in [0.15, 0.2) is 0 Å². The highest BCUT2D eigenvalue weighted by Crippen LogP contribution is 2.22. The van der Waals surface area contributed by atoms with E-state index in [0.29, 0.717) is 19.6 Å². The first-order valence-corrected chi connectivity index (χ1v) is 21.1. The van der Waals surface area contributed by atoms with E-state index >= 15 is 0 Å². The second-order valence-electron chi connectivity index (χ2n) is 17.2. The number of aliphatic hydroxyl groups is 3. The summed E-state index contributed by atoms with van der Waals surface area (Å²) in [6, 6.07) is -14.5. The summed E-state index contributed by atoms with van der Waals surface area (Å²) in [5.41, 5.74) is -1.70. The number of likely N-dealkylation sites (N-methyl/N-ethyl adjacent to an activating group) is 5. The lowest BCUT2D eigenvalue weighted by molar-refractivity contribution is -0.162. The van der Waals surface area contributed by atoms with Gasteiger partial charge in [-0.25, -0.2) is 33.8 Å². The van der Waals surface area contributed by atoms with Gasteiger partial charge in [-0.15, -0.1) is 0 Å². The number of carbonyl (C=O) groups excluding carboxylic acids is 11. The van der Waals surface area contributed by atoms with Gasteiger partial charge >= 0.3 is 30.2 Å². The molecule has 1 rings (SSSR count). The van der Waals surface area contributed by atoms with Crippen molar-refractivity contribution in [2.24, 2.45) is 11.8 Å². The van der Waals surface area contributed by atoms with Crippen LogP contribution in [0.15, 0.2) is 12.2 Å². The number of rotatable bonds is 8. The molecule has 0 aliphatic carbocycles. The van der Waals surface area contributed by atoms with Gasteiger partial charge in [-0.3, -0.25) is 44.3 Å². The Bertz CT molecular complexity index is 1890. The van der Waals surface area contributed by atoms with E-state index in [9.17, 15) is 68.1 Å². The van der Waals surface area contributed by atoms with Crippen molar-refractivity contribution in [1.82, 2.24) is 55.6 Å². The van der Waals surface area contributed by atoms with E-state index in [1.54, 1.807) is 45.2 Å². The largest absolute Gasteiger partial charge is 0.390 e. The molecule has 0 bridgehead atoms. The van der Waals surface area contributed by atoms with Crippen LogP contribution in [0.25, 0.3) is 0 Å². The minimum Gasteiger partial charge on any atom is -0.390 e. The predicted octanol–water partition coefficient (Wildman–Crippen LogP) is -0.988. The first-order chi connectivity index (χ1) is 30.3. The summed E-state index contributed by atoms with van der Waals surface area (Å²) < 4.78 is 0. The molecule has 0 spiro atoms.